The van der Waals surface area contributed by atoms with Gasteiger partial charge in [0.2, 0.25) is 0 Å². The topological polar surface area (TPSA) is 77.0 Å². The predicted molar refractivity (Wildman–Crippen MR) is 125 cm³/mol. The highest BCUT2D eigenvalue weighted by molar-refractivity contribution is 5.65. The van der Waals surface area contributed by atoms with Gasteiger partial charge in [-0.3, -0.25) is 0 Å². The number of methoxy groups -OCH3 is 2. The molecule has 0 aromatic heterocycles. The molecule has 2 saturated heterocycles. The van der Waals surface area contributed by atoms with Gasteiger partial charge in [-0.15, -0.1) is 0 Å². The number of benzene rings is 2. The first-order chi connectivity index (χ1) is 14.6. The van der Waals surface area contributed by atoms with Crippen LogP contribution in [0.25, 0.3) is 0 Å². The second-order valence-electron chi connectivity index (χ2n) is 8.51. The Labute approximate surface area is 179 Å². The summed E-state index contributed by atoms with van der Waals surface area (Å²) in [6, 6.07) is 11.9. The zero-order valence-corrected chi connectivity index (χ0v) is 18.1. The van der Waals surface area contributed by atoms with Gasteiger partial charge in [0.05, 0.1) is 25.6 Å². The zero-order valence-electron chi connectivity index (χ0n) is 18.1. The quantitative estimate of drug-likeness (QED) is 0.726. The van der Waals surface area contributed by atoms with Crippen molar-refractivity contribution in [3.63, 3.8) is 0 Å². The standard InChI is InChI=1S/C24H34N4O2/c1-29-23-15-19(25)3-5-21(23)27-11-7-17(8-12-27)18-9-13-28(14-10-18)22-6-4-20(26)16-24(22)30-2/h3-6,15-18H,7-14,25-26H2,1-2H3. The third-order valence-corrected chi connectivity index (χ3v) is 6.83. The number of nitrogens with zero attached hydrogens (tertiary/aromatic N) is 2. The molecule has 0 bridgehead atoms. The average molecular weight is 411 g/mol. The van der Waals surface area contributed by atoms with Crippen LogP contribution in [0.4, 0.5) is 22.7 Å². The van der Waals surface area contributed by atoms with Crippen molar-refractivity contribution in [2.45, 2.75) is 25.7 Å². The Bertz CT molecular complexity index is 785. The monoisotopic (exact) mass is 410 g/mol. The van der Waals surface area contributed by atoms with Gasteiger partial charge in [0.15, 0.2) is 0 Å². The molecule has 0 saturated carbocycles. The Morgan fingerprint density at radius 1 is 0.667 bits per heavy atom. The SMILES string of the molecule is COc1cc(N)ccc1N1CCC(C2CCN(c3ccc(N)cc3OC)CC2)CC1. The van der Waals surface area contributed by atoms with Gasteiger partial charge in [-0.2, -0.15) is 0 Å². The summed E-state index contributed by atoms with van der Waals surface area (Å²) in [4.78, 5) is 4.90. The fourth-order valence-corrected chi connectivity index (χ4v) is 5.13. The normalized spacial score (nSPS) is 18.5. The van der Waals surface area contributed by atoms with Crippen molar-refractivity contribution in [2.75, 3.05) is 61.7 Å². The van der Waals surface area contributed by atoms with Crippen molar-refractivity contribution in [3.05, 3.63) is 36.4 Å². The number of ether oxygens (including phenoxy) is 2. The van der Waals surface area contributed by atoms with Gasteiger partial charge in [-0.25, -0.2) is 0 Å². The molecule has 0 radical (unpaired) electrons. The van der Waals surface area contributed by atoms with Gasteiger partial charge in [0.1, 0.15) is 11.5 Å². The smallest absolute Gasteiger partial charge is 0.144 e. The van der Waals surface area contributed by atoms with Crippen LogP contribution in [-0.4, -0.2) is 40.4 Å². The van der Waals surface area contributed by atoms with Crippen LogP contribution in [0.1, 0.15) is 25.7 Å². The number of nitrogens with two attached hydrogens (primary N) is 2. The summed E-state index contributed by atoms with van der Waals surface area (Å²) >= 11 is 0. The zero-order chi connectivity index (χ0) is 21.1. The van der Waals surface area contributed by atoms with Crippen LogP contribution in [0.2, 0.25) is 0 Å². The summed E-state index contributed by atoms with van der Waals surface area (Å²) in [5.74, 6) is 3.35. The fraction of sp³-hybridized carbons (Fsp3) is 0.500. The second-order valence-corrected chi connectivity index (χ2v) is 8.51. The number of hydrogen-bond donors (Lipinski definition) is 2. The molecular formula is C24H34N4O2. The lowest BCUT2D eigenvalue weighted by molar-refractivity contribution is 0.232. The first-order valence-electron chi connectivity index (χ1n) is 11.0. The predicted octanol–water partition coefficient (Wildman–Crippen LogP) is 4.00. The molecule has 2 aromatic carbocycles. The van der Waals surface area contributed by atoms with Crippen LogP contribution in [0, 0.1) is 11.8 Å². The van der Waals surface area contributed by atoms with Gasteiger partial charge < -0.3 is 30.7 Å². The molecule has 0 atom stereocenters. The van der Waals surface area contributed by atoms with Gasteiger partial charge in [-0.05, 0) is 61.8 Å². The Kier molecular flexibility index (Phi) is 6.11. The van der Waals surface area contributed by atoms with Gasteiger partial charge in [0, 0.05) is 49.7 Å². The summed E-state index contributed by atoms with van der Waals surface area (Å²) in [5.41, 5.74) is 15.6. The fourth-order valence-electron chi connectivity index (χ4n) is 5.13. The van der Waals surface area contributed by atoms with E-state index in [1.807, 2.05) is 24.3 Å². The van der Waals surface area contributed by atoms with Crippen LogP contribution in [0.3, 0.4) is 0 Å². The van der Waals surface area contributed by atoms with E-state index in [9.17, 15) is 0 Å². The van der Waals surface area contributed by atoms with E-state index in [2.05, 4.69) is 21.9 Å². The van der Waals surface area contributed by atoms with Crippen LogP contribution < -0.4 is 30.7 Å². The summed E-state index contributed by atoms with van der Waals surface area (Å²) in [5, 5.41) is 0. The number of anilines is 4. The van der Waals surface area contributed by atoms with E-state index in [1.165, 1.54) is 25.7 Å². The first kappa shape index (κ1) is 20.5. The molecule has 30 heavy (non-hydrogen) atoms. The van der Waals surface area contributed by atoms with E-state index in [4.69, 9.17) is 20.9 Å². The summed E-state index contributed by atoms with van der Waals surface area (Å²) in [6.45, 7) is 4.32. The van der Waals surface area contributed by atoms with Crippen molar-refractivity contribution in [1.82, 2.24) is 0 Å². The molecule has 6 heteroatoms. The van der Waals surface area contributed by atoms with E-state index < -0.39 is 0 Å². The minimum absolute atomic E-state index is 0.745. The Morgan fingerprint density at radius 3 is 1.37 bits per heavy atom. The van der Waals surface area contributed by atoms with Crippen LogP contribution >= 0.6 is 0 Å². The van der Waals surface area contributed by atoms with Crippen LogP contribution in [-0.2, 0) is 0 Å². The highest BCUT2D eigenvalue weighted by Crippen LogP contribution is 2.39. The average Bonchev–Trinajstić information content (AvgIpc) is 2.79. The number of hydrogen-bond acceptors (Lipinski definition) is 6. The lowest BCUT2D eigenvalue weighted by atomic mass is 9.78. The van der Waals surface area contributed by atoms with E-state index in [-0.39, 0.29) is 0 Å². The molecule has 2 aliphatic rings. The van der Waals surface area contributed by atoms with E-state index in [0.29, 0.717) is 0 Å². The van der Waals surface area contributed by atoms with Crippen molar-refractivity contribution in [3.8, 4) is 11.5 Å². The third-order valence-electron chi connectivity index (χ3n) is 6.83. The summed E-state index contributed by atoms with van der Waals surface area (Å²) in [6.07, 6.45) is 4.96. The lowest BCUT2D eigenvalue weighted by Gasteiger charge is -2.41. The summed E-state index contributed by atoms with van der Waals surface area (Å²) in [7, 11) is 3.43. The van der Waals surface area contributed by atoms with E-state index >= 15 is 0 Å². The molecule has 0 unspecified atom stereocenters. The molecule has 2 heterocycles. The Hall–Kier alpha value is -2.76. The molecule has 2 aromatic rings. The van der Waals surface area contributed by atoms with Crippen LogP contribution in [0.5, 0.6) is 11.5 Å². The molecule has 4 N–H and O–H groups in total. The van der Waals surface area contributed by atoms with E-state index in [0.717, 1.165) is 72.3 Å². The molecule has 2 fully saturated rings. The van der Waals surface area contributed by atoms with Crippen molar-refractivity contribution in [2.24, 2.45) is 11.8 Å². The van der Waals surface area contributed by atoms with Gasteiger partial charge in [-0.1, -0.05) is 0 Å². The maximum absolute atomic E-state index is 5.91. The molecular weight excluding hydrogens is 376 g/mol. The molecule has 0 spiro atoms. The Morgan fingerprint density at radius 2 is 1.03 bits per heavy atom. The second kappa shape index (κ2) is 8.94. The molecule has 6 nitrogen and oxygen atoms in total. The summed E-state index contributed by atoms with van der Waals surface area (Å²) < 4.78 is 11.1. The highest BCUT2D eigenvalue weighted by Gasteiger charge is 2.31. The molecule has 4 rings (SSSR count). The van der Waals surface area contributed by atoms with Crippen LogP contribution in [0.15, 0.2) is 36.4 Å². The minimum Gasteiger partial charge on any atom is -0.495 e. The third kappa shape index (κ3) is 4.23. The van der Waals surface area contributed by atoms with Gasteiger partial charge in [0.25, 0.3) is 0 Å². The molecule has 0 amide bonds. The number of nitrogen functional groups attached to an aromatic ring is 2. The van der Waals surface area contributed by atoms with E-state index in [1.54, 1.807) is 14.2 Å². The molecule has 2 aliphatic heterocycles. The minimum atomic E-state index is 0.745. The number of rotatable bonds is 5. The molecule has 0 aliphatic carbocycles. The highest BCUT2D eigenvalue weighted by atomic mass is 16.5. The van der Waals surface area contributed by atoms with Gasteiger partial charge >= 0.3 is 0 Å². The van der Waals surface area contributed by atoms with Crippen molar-refractivity contribution < 1.29 is 9.47 Å². The maximum Gasteiger partial charge on any atom is 0.144 e. The van der Waals surface area contributed by atoms with Crippen molar-refractivity contribution in [1.29, 1.82) is 0 Å². The number of piperidine rings is 2. The first-order valence-corrected chi connectivity index (χ1v) is 11.0. The van der Waals surface area contributed by atoms with Crippen molar-refractivity contribution >= 4 is 22.7 Å². The lowest BCUT2D eigenvalue weighted by Crippen LogP contribution is -2.41. The maximum atomic E-state index is 5.91. The molecule has 162 valence electrons. The largest absolute Gasteiger partial charge is 0.495 e. The Balaban J connectivity index is 1.33.